The molecule has 0 bridgehead atoms. The lowest BCUT2D eigenvalue weighted by atomic mass is 9.82. The number of aromatic nitrogens is 1. The Kier molecular flexibility index (Phi) is 12.1. The van der Waals surface area contributed by atoms with E-state index in [0.29, 0.717) is 32.5 Å². The normalized spacial score (nSPS) is 18.4. The molecule has 2 aliphatic rings. The van der Waals surface area contributed by atoms with E-state index in [-0.39, 0.29) is 41.0 Å². The first-order valence-corrected chi connectivity index (χ1v) is 18.7. The first-order valence-electron chi connectivity index (χ1n) is 17.8. The number of carbonyl (C=O) groups excluding carboxylic acids is 4. The van der Waals surface area contributed by atoms with Gasteiger partial charge in [0.25, 0.3) is 0 Å². The second-order valence-electron chi connectivity index (χ2n) is 13.5. The molecular formula is C40H45N7O4S. The number of thiazole rings is 1. The van der Waals surface area contributed by atoms with Gasteiger partial charge in [-0.1, -0.05) is 91.0 Å². The molecule has 3 amide bonds. The second-order valence-corrected chi connectivity index (χ2v) is 14.4. The molecule has 4 aromatic rings. The van der Waals surface area contributed by atoms with Gasteiger partial charge in [0.2, 0.25) is 23.5 Å². The Morgan fingerprint density at radius 3 is 2.23 bits per heavy atom. The zero-order chi connectivity index (χ0) is 36.5. The molecule has 2 unspecified atom stereocenters. The standard InChI is InChI=1S/C40H45N7O4S/c41-40(42)46-22-11-15-29(25-46)24-32(37(50)38-43-20-23-52-38)44-33(48)26-47-34(49)27-45(21-10-14-28-12-4-1-5-13-28)39(51)36(47)35(30-16-6-2-7-17-30)31-18-8-3-9-19-31/h1-9,12-13,16-20,23,29,32,35-36H,10-11,14-15,21-22,24-27H2,(H3,41,42)(H,44,48)/t29?,32-,36?/m0/s1. The maximum absolute atomic E-state index is 14.6. The molecule has 52 heavy (non-hydrogen) atoms. The number of Topliss-reactive ketones (excluding diaryl/α,β-unsaturated/α-hetero) is 1. The van der Waals surface area contributed by atoms with Gasteiger partial charge >= 0.3 is 0 Å². The lowest BCUT2D eigenvalue weighted by Crippen LogP contribution is -2.63. The number of piperazine rings is 1. The summed E-state index contributed by atoms with van der Waals surface area (Å²) in [4.78, 5) is 65.6. The third-order valence-electron chi connectivity index (χ3n) is 9.95. The van der Waals surface area contributed by atoms with Crippen molar-refractivity contribution in [1.82, 2.24) is 25.0 Å². The lowest BCUT2D eigenvalue weighted by molar-refractivity contribution is -0.158. The molecule has 4 N–H and O–H groups in total. The van der Waals surface area contributed by atoms with Crippen LogP contribution < -0.4 is 11.1 Å². The molecule has 6 rings (SSSR count). The molecule has 11 nitrogen and oxygen atoms in total. The molecular weight excluding hydrogens is 675 g/mol. The van der Waals surface area contributed by atoms with E-state index in [9.17, 15) is 19.2 Å². The van der Waals surface area contributed by atoms with Gasteiger partial charge in [-0.25, -0.2) is 4.98 Å². The molecule has 270 valence electrons. The van der Waals surface area contributed by atoms with Crippen LogP contribution in [0.25, 0.3) is 0 Å². The minimum atomic E-state index is -0.996. The van der Waals surface area contributed by atoms with Crippen molar-refractivity contribution in [2.75, 3.05) is 32.7 Å². The van der Waals surface area contributed by atoms with Gasteiger partial charge in [-0.2, -0.15) is 0 Å². The van der Waals surface area contributed by atoms with Gasteiger partial charge < -0.3 is 25.8 Å². The zero-order valence-corrected chi connectivity index (χ0v) is 29.9. The van der Waals surface area contributed by atoms with Crippen molar-refractivity contribution >= 4 is 40.8 Å². The molecule has 12 heteroatoms. The van der Waals surface area contributed by atoms with Crippen LogP contribution >= 0.6 is 11.3 Å². The third kappa shape index (κ3) is 8.92. The van der Waals surface area contributed by atoms with Gasteiger partial charge in [-0.15, -0.1) is 11.3 Å². The van der Waals surface area contributed by atoms with Crippen LogP contribution in [0.3, 0.4) is 0 Å². The van der Waals surface area contributed by atoms with Crippen molar-refractivity contribution < 1.29 is 19.2 Å². The van der Waals surface area contributed by atoms with Crippen LogP contribution in [-0.2, 0) is 20.8 Å². The summed E-state index contributed by atoms with van der Waals surface area (Å²) < 4.78 is 0. The molecule has 3 aromatic carbocycles. The van der Waals surface area contributed by atoms with Crippen LogP contribution in [0.2, 0.25) is 0 Å². The van der Waals surface area contributed by atoms with E-state index in [1.165, 1.54) is 16.2 Å². The predicted molar refractivity (Wildman–Crippen MR) is 201 cm³/mol. The molecule has 0 radical (unpaired) electrons. The molecule has 0 aliphatic carbocycles. The third-order valence-corrected chi connectivity index (χ3v) is 10.7. The smallest absolute Gasteiger partial charge is 0.246 e. The Balaban J connectivity index is 1.27. The summed E-state index contributed by atoms with van der Waals surface area (Å²) >= 11 is 1.20. The first-order chi connectivity index (χ1) is 25.3. The van der Waals surface area contributed by atoms with Gasteiger partial charge in [0, 0.05) is 37.1 Å². The van der Waals surface area contributed by atoms with Crippen molar-refractivity contribution in [3.63, 3.8) is 0 Å². The number of hydrogen-bond acceptors (Lipinski definition) is 7. The summed E-state index contributed by atoms with van der Waals surface area (Å²) in [7, 11) is 0. The van der Waals surface area contributed by atoms with E-state index in [0.717, 1.165) is 36.0 Å². The Morgan fingerprint density at radius 2 is 1.62 bits per heavy atom. The molecule has 0 spiro atoms. The van der Waals surface area contributed by atoms with Crippen molar-refractivity contribution in [1.29, 1.82) is 5.41 Å². The fourth-order valence-corrected chi connectivity index (χ4v) is 8.06. The number of likely N-dealkylation sites (tertiary alicyclic amines) is 1. The maximum Gasteiger partial charge on any atom is 0.246 e. The molecule has 2 aliphatic heterocycles. The van der Waals surface area contributed by atoms with Crippen LogP contribution in [0.15, 0.2) is 103 Å². The van der Waals surface area contributed by atoms with E-state index < -0.39 is 30.5 Å². The largest absolute Gasteiger partial charge is 0.370 e. The number of hydrogen-bond donors (Lipinski definition) is 3. The number of nitrogens with one attached hydrogen (secondary N) is 2. The van der Waals surface area contributed by atoms with Crippen molar-refractivity contribution in [3.05, 3.63) is 124 Å². The number of piperidine rings is 1. The number of aryl methyl sites for hydroxylation is 1. The highest BCUT2D eigenvalue weighted by Crippen LogP contribution is 2.34. The highest BCUT2D eigenvalue weighted by atomic mass is 32.1. The molecule has 1 aromatic heterocycles. The number of guanidine groups is 1. The van der Waals surface area contributed by atoms with Gasteiger partial charge in [-0.05, 0) is 54.7 Å². The number of nitrogens with two attached hydrogens (primary N) is 1. The average molecular weight is 720 g/mol. The quantitative estimate of drug-likeness (QED) is 0.0998. The number of amides is 3. The highest BCUT2D eigenvalue weighted by Gasteiger charge is 2.45. The molecule has 3 heterocycles. The van der Waals surface area contributed by atoms with Crippen LogP contribution in [0.5, 0.6) is 0 Å². The molecule has 0 saturated carbocycles. The van der Waals surface area contributed by atoms with E-state index in [1.54, 1.807) is 21.4 Å². The monoisotopic (exact) mass is 719 g/mol. The first kappa shape index (κ1) is 36.4. The van der Waals surface area contributed by atoms with E-state index in [2.05, 4.69) is 10.3 Å². The van der Waals surface area contributed by atoms with Crippen LogP contribution in [0, 0.1) is 11.3 Å². The molecule has 3 atom stereocenters. The number of carbonyl (C=O) groups is 4. The van der Waals surface area contributed by atoms with E-state index in [4.69, 9.17) is 11.1 Å². The van der Waals surface area contributed by atoms with Crippen LogP contribution in [0.1, 0.15) is 58.1 Å². The minimum absolute atomic E-state index is 0.00259. The predicted octanol–water partition coefficient (Wildman–Crippen LogP) is 4.31. The zero-order valence-electron chi connectivity index (χ0n) is 29.1. The Bertz CT molecular complexity index is 1780. The van der Waals surface area contributed by atoms with Gasteiger partial charge in [0.1, 0.15) is 12.6 Å². The Labute approximate surface area is 308 Å². The number of nitrogens with zero attached hydrogens (tertiary/aromatic N) is 4. The summed E-state index contributed by atoms with van der Waals surface area (Å²) in [6.07, 6.45) is 4.95. The number of ketones is 1. The molecule has 2 fully saturated rings. The highest BCUT2D eigenvalue weighted by molar-refractivity contribution is 7.11. The topological polar surface area (TPSA) is 153 Å². The number of benzene rings is 3. The van der Waals surface area contributed by atoms with Crippen molar-refractivity contribution in [2.45, 2.75) is 50.1 Å². The van der Waals surface area contributed by atoms with Crippen molar-refractivity contribution in [3.8, 4) is 0 Å². The van der Waals surface area contributed by atoms with Crippen LogP contribution in [0.4, 0.5) is 0 Å². The van der Waals surface area contributed by atoms with Gasteiger partial charge in [0.15, 0.2) is 11.0 Å². The van der Waals surface area contributed by atoms with Crippen LogP contribution in [-0.4, -0.2) is 94.0 Å². The fraction of sp³-hybridized carbons (Fsp3) is 0.350. The Morgan fingerprint density at radius 1 is 0.962 bits per heavy atom. The summed E-state index contributed by atoms with van der Waals surface area (Å²) in [5, 5.41) is 12.8. The van der Waals surface area contributed by atoms with Crippen molar-refractivity contribution in [2.24, 2.45) is 11.7 Å². The van der Waals surface area contributed by atoms with E-state index in [1.807, 2.05) is 91.0 Å². The number of rotatable bonds is 14. The SMILES string of the molecule is N=C(N)N1CCCC(C[C@H](NC(=O)CN2C(=O)CN(CCCc3ccccc3)C(=O)C2C(c2ccccc2)c2ccccc2)C(=O)c2nccs2)C1. The molecule has 2 saturated heterocycles. The maximum atomic E-state index is 14.6. The minimum Gasteiger partial charge on any atom is -0.370 e. The van der Waals surface area contributed by atoms with Gasteiger partial charge in [0.05, 0.1) is 12.6 Å². The fourth-order valence-electron chi connectivity index (χ4n) is 7.43. The summed E-state index contributed by atoms with van der Waals surface area (Å²) in [6.45, 7) is 1.04. The second kappa shape index (κ2) is 17.2. The summed E-state index contributed by atoms with van der Waals surface area (Å²) in [6, 6.07) is 27.3. The lowest BCUT2D eigenvalue weighted by Gasteiger charge is -2.43. The van der Waals surface area contributed by atoms with Gasteiger partial charge in [-0.3, -0.25) is 24.6 Å². The van der Waals surface area contributed by atoms with E-state index >= 15 is 0 Å². The average Bonchev–Trinajstić information content (AvgIpc) is 3.71. The summed E-state index contributed by atoms with van der Waals surface area (Å²) in [5.41, 5.74) is 8.64. The summed E-state index contributed by atoms with van der Waals surface area (Å²) in [5.74, 6) is -1.95. The Hall–Kier alpha value is -5.36.